The maximum absolute atomic E-state index is 12.4. The van der Waals surface area contributed by atoms with Crippen molar-refractivity contribution in [1.29, 1.82) is 0 Å². The van der Waals surface area contributed by atoms with Gasteiger partial charge >= 0.3 is 6.09 Å². The first-order valence-electron chi connectivity index (χ1n) is 8.39. The fraction of sp³-hybridized carbons (Fsp3) is 0.765. The molecule has 2 rings (SSSR count). The molecule has 1 aromatic heterocycles. The van der Waals surface area contributed by atoms with E-state index in [1.165, 1.54) is 11.3 Å². The van der Waals surface area contributed by atoms with Gasteiger partial charge in [-0.05, 0) is 47.5 Å². The van der Waals surface area contributed by atoms with Crippen LogP contribution in [0.3, 0.4) is 0 Å². The van der Waals surface area contributed by atoms with Gasteiger partial charge in [0.2, 0.25) is 0 Å². The van der Waals surface area contributed by atoms with E-state index in [1.807, 2.05) is 43.6 Å². The van der Waals surface area contributed by atoms with Gasteiger partial charge in [-0.3, -0.25) is 4.68 Å². The zero-order valence-electron chi connectivity index (χ0n) is 15.2. The van der Waals surface area contributed by atoms with Crippen LogP contribution in [0, 0.1) is 6.92 Å². The van der Waals surface area contributed by atoms with Crippen LogP contribution < -0.4 is 5.32 Å². The number of ether oxygens (including phenoxy) is 1. The second kappa shape index (κ2) is 6.91. The van der Waals surface area contributed by atoms with E-state index in [4.69, 9.17) is 4.74 Å². The van der Waals surface area contributed by atoms with E-state index in [0.29, 0.717) is 0 Å². The summed E-state index contributed by atoms with van der Waals surface area (Å²) in [6.45, 7) is 11.5. The van der Waals surface area contributed by atoms with E-state index in [9.17, 15) is 4.79 Å². The van der Waals surface area contributed by atoms with Crippen LogP contribution in [0.15, 0.2) is 6.20 Å². The lowest BCUT2D eigenvalue weighted by molar-refractivity contribution is 0.0200. The molecule has 0 saturated carbocycles. The Labute approximate surface area is 139 Å². The Morgan fingerprint density at radius 1 is 1.52 bits per heavy atom. The lowest BCUT2D eigenvalue weighted by Crippen LogP contribution is -2.48. The Hall–Kier alpha value is -1.56. The highest BCUT2D eigenvalue weighted by Crippen LogP contribution is 2.23. The molecule has 2 atom stereocenters. The molecule has 2 heterocycles. The zero-order chi connectivity index (χ0) is 17.2. The number of nitrogens with one attached hydrogen (secondary N) is 1. The van der Waals surface area contributed by atoms with Crippen molar-refractivity contribution in [2.24, 2.45) is 7.05 Å². The standard InChI is InChI=1S/C17H30N4O2/c1-12(18-10-14-11-19-20(6)13(14)2)15-8-7-9-21(15)16(22)23-17(3,4)5/h11-12,15,18H,7-10H2,1-6H3/t12-,15+/m1/s1. The summed E-state index contributed by atoms with van der Waals surface area (Å²) in [7, 11) is 1.95. The van der Waals surface area contributed by atoms with E-state index in [-0.39, 0.29) is 18.2 Å². The van der Waals surface area contributed by atoms with Crippen molar-refractivity contribution in [3.05, 3.63) is 17.5 Å². The highest BCUT2D eigenvalue weighted by Gasteiger charge is 2.35. The summed E-state index contributed by atoms with van der Waals surface area (Å²) in [5.74, 6) is 0. The van der Waals surface area contributed by atoms with Crippen LogP contribution in [0.4, 0.5) is 4.79 Å². The molecule has 1 aliphatic heterocycles. The fourth-order valence-corrected chi connectivity index (χ4v) is 2.98. The number of carbonyl (C=O) groups is 1. The van der Waals surface area contributed by atoms with Crippen LogP contribution in [0.5, 0.6) is 0 Å². The average molecular weight is 322 g/mol. The number of amides is 1. The third-order valence-corrected chi connectivity index (χ3v) is 4.46. The number of carbonyl (C=O) groups excluding carboxylic acids is 1. The van der Waals surface area contributed by atoms with E-state index in [1.54, 1.807) is 0 Å². The Morgan fingerprint density at radius 3 is 2.78 bits per heavy atom. The van der Waals surface area contributed by atoms with E-state index in [0.717, 1.165) is 25.9 Å². The van der Waals surface area contributed by atoms with Gasteiger partial charge in [0.25, 0.3) is 0 Å². The van der Waals surface area contributed by atoms with Crippen molar-refractivity contribution in [3.63, 3.8) is 0 Å². The van der Waals surface area contributed by atoms with Crippen LogP contribution in [0.1, 0.15) is 51.8 Å². The fourth-order valence-electron chi connectivity index (χ4n) is 2.98. The molecule has 6 nitrogen and oxygen atoms in total. The minimum Gasteiger partial charge on any atom is -0.444 e. The Balaban J connectivity index is 1.93. The highest BCUT2D eigenvalue weighted by molar-refractivity contribution is 5.69. The molecule has 0 unspecified atom stereocenters. The van der Waals surface area contributed by atoms with Crippen LogP contribution >= 0.6 is 0 Å². The molecule has 1 aromatic rings. The summed E-state index contributed by atoms with van der Waals surface area (Å²) in [6, 6.07) is 0.395. The number of aromatic nitrogens is 2. The van der Waals surface area contributed by atoms with Crippen molar-refractivity contribution >= 4 is 6.09 Å². The minimum atomic E-state index is -0.451. The van der Waals surface area contributed by atoms with Gasteiger partial charge in [0.05, 0.1) is 12.2 Å². The molecule has 130 valence electrons. The lowest BCUT2D eigenvalue weighted by atomic mass is 10.1. The molecule has 1 amide bonds. The lowest BCUT2D eigenvalue weighted by Gasteiger charge is -2.32. The van der Waals surface area contributed by atoms with Crippen LogP contribution in [0.25, 0.3) is 0 Å². The molecule has 0 aromatic carbocycles. The quantitative estimate of drug-likeness (QED) is 0.926. The molecule has 1 N–H and O–H groups in total. The van der Waals surface area contributed by atoms with Gasteiger partial charge in [0.15, 0.2) is 0 Å². The summed E-state index contributed by atoms with van der Waals surface area (Å²) < 4.78 is 7.41. The summed E-state index contributed by atoms with van der Waals surface area (Å²) >= 11 is 0. The van der Waals surface area contributed by atoms with Crippen LogP contribution in [-0.4, -0.2) is 45.0 Å². The number of rotatable bonds is 4. The van der Waals surface area contributed by atoms with E-state index < -0.39 is 5.60 Å². The maximum atomic E-state index is 12.4. The first-order valence-corrected chi connectivity index (χ1v) is 8.39. The second-order valence-corrected chi connectivity index (χ2v) is 7.43. The number of hydrogen-bond acceptors (Lipinski definition) is 4. The number of aryl methyl sites for hydroxylation is 1. The summed E-state index contributed by atoms with van der Waals surface area (Å²) in [4.78, 5) is 14.2. The summed E-state index contributed by atoms with van der Waals surface area (Å²) in [5, 5.41) is 7.81. The van der Waals surface area contributed by atoms with E-state index in [2.05, 4.69) is 24.3 Å². The molecule has 0 aliphatic carbocycles. The molecular formula is C17H30N4O2. The molecule has 1 fully saturated rings. The second-order valence-electron chi connectivity index (χ2n) is 7.43. The average Bonchev–Trinajstić information content (AvgIpc) is 3.04. The van der Waals surface area contributed by atoms with Crippen molar-refractivity contribution in [1.82, 2.24) is 20.0 Å². The smallest absolute Gasteiger partial charge is 0.410 e. The van der Waals surface area contributed by atoms with E-state index >= 15 is 0 Å². The van der Waals surface area contributed by atoms with Crippen molar-refractivity contribution in [2.45, 2.75) is 71.7 Å². The topological polar surface area (TPSA) is 59.4 Å². The van der Waals surface area contributed by atoms with Gasteiger partial charge in [-0.2, -0.15) is 5.10 Å². The predicted octanol–water partition coefficient (Wildman–Crippen LogP) is 2.61. The number of hydrogen-bond donors (Lipinski definition) is 1. The molecule has 6 heteroatoms. The molecule has 1 saturated heterocycles. The maximum Gasteiger partial charge on any atom is 0.410 e. The summed E-state index contributed by atoms with van der Waals surface area (Å²) in [5.41, 5.74) is 1.91. The highest BCUT2D eigenvalue weighted by atomic mass is 16.6. The minimum absolute atomic E-state index is 0.182. The normalized spacial score (nSPS) is 19.9. The Kier molecular flexibility index (Phi) is 5.34. The number of likely N-dealkylation sites (tertiary alicyclic amines) is 1. The molecule has 0 bridgehead atoms. The zero-order valence-corrected chi connectivity index (χ0v) is 15.2. The predicted molar refractivity (Wildman–Crippen MR) is 90.2 cm³/mol. The van der Waals surface area contributed by atoms with Gasteiger partial charge in [0, 0.05) is 37.4 Å². The monoisotopic (exact) mass is 322 g/mol. The van der Waals surface area contributed by atoms with Gasteiger partial charge in [-0.25, -0.2) is 4.79 Å². The van der Waals surface area contributed by atoms with Crippen molar-refractivity contribution in [3.8, 4) is 0 Å². The Bertz CT molecular complexity index is 547. The van der Waals surface area contributed by atoms with Crippen LogP contribution in [-0.2, 0) is 18.3 Å². The molecular weight excluding hydrogens is 292 g/mol. The van der Waals surface area contributed by atoms with Gasteiger partial charge in [-0.15, -0.1) is 0 Å². The third-order valence-electron chi connectivity index (χ3n) is 4.46. The SMILES string of the molecule is Cc1c(CN[C@H](C)[C@@H]2CCCN2C(=O)OC(C)(C)C)cnn1C. The van der Waals surface area contributed by atoms with Crippen LogP contribution in [0.2, 0.25) is 0 Å². The van der Waals surface area contributed by atoms with Crippen molar-refractivity contribution < 1.29 is 9.53 Å². The molecule has 0 radical (unpaired) electrons. The largest absolute Gasteiger partial charge is 0.444 e. The summed E-state index contributed by atoms with van der Waals surface area (Å²) in [6.07, 6.45) is 3.74. The van der Waals surface area contributed by atoms with Crippen molar-refractivity contribution in [2.75, 3.05) is 6.54 Å². The molecule has 23 heavy (non-hydrogen) atoms. The van der Waals surface area contributed by atoms with Gasteiger partial charge < -0.3 is 15.0 Å². The van der Waals surface area contributed by atoms with Gasteiger partial charge in [-0.1, -0.05) is 0 Å². The molecule has 1 aliphatic rings. The first-order chi connectivity index (χ1) is 10.7. The third kappa shape index (κ3) is 4.47. The first kappa shape index (κ1) is 17.8. The van der Waals surface area contributed by atoms with Gasteiger partial charge in [0.1, 0.15) is 5.60 Å². The number of nitrogens with zero attached hydrogens (tertiary/aromatic N) is 3. The molecule has 0 spiro atoms. The Morgan fingerprint density at radius 2 is 2.22 bits per heavy atom.